The minimum atomic E-state index is -0.882. The summed E-state index contributed by atoms with van der Waals surface area (Å²) in [6, 6.07) is 15.9. The van der Waals surface area contributed by atoms with Crippen molar-refractivity contribution in [2.45, 2.75) is 58.9 Å². The van der Waals surface area contributed by atoms with E-state index in [4.69, 9.17) is 9.84 Å². The molecule has 0 bridgehead atoms. The van der Waals surface area contributed by atoms with Crippen LogP contribution < -0.4 is 10.6 Å². The van der Waals surface area contributed by atoms with Crippen molar-refractivity contribution >= 4 is 18.0 Å². The fourth-order valence-corrected chi connectivity index (χ4v) is 4.92. The number of rotatable bonds is 11. The van der Waals surface area contributed by atoms with Crippen LogP contribution in [0.4, 0.5) is 4.79 Å². The molecular formula is C28H36N2O5. The van der Waals surface area contributed by atoms with E-state index in [1.54, 1.807) is 13.8 Å². The molecule has 188 valence electrons. The van der Waals surface area contributed by atoms with Crippen molar-refractivity contribution in [2.75, 3.05) is 13.2 Å². The SMILES string of the molecule is CC(C)C(NC(=O)OCC1c2ccccc2-c2ccccc21)C(C)(C)C(=O)NCCCCC(=O)O. The van der Waals surface area contributed by atoms with E-state index < -0.39 is 23.5 Å². The van der Waals surface area contributed by atoms with Crippen LogP contribution in [0.2, 0.25) is 0 Å². The third-order valence-electron chi connectivity index (χ3n) is 6.75. The molecule has 0 fully saturated rings. The summed E-state index contributed by atoms with van der Waals surface area (Å²) in [5.74, 6) is -1.08. The van der Waals surface area contributed by atoms with Crippen molar-refractivity contribution in [3.05, 3.63) is 59.7 Å². The number of hydrogen-bond acceptors (Lipinski definition) is 4. The van der Waals surface area contributed by atoms with Gasteiger partial charge in [-0.15, -0.1) is 0 Å². The Hall–Kier alpha value is -3.35. The molecule has 3 rings (SSSR count). The number of aliphatic carboxylic acids is 1. The molecule has 1 aliphatic rings. The number of fused-ring (bicyclic) bond motifs is 3. The fourth-order valence-electron chi connectivity index (χ4n) is 4.92. The van der Waals surface area contributed by atoms with Crippen molar-refractivity contribution in [2.24, 2.45) is 11.3 Å². The van der Waals surface area contributed by atoms with E-state index in [-0.39, 0.29) is 30.8 Å². The van der Waals surface area contributed by atoms with Crippen LogP contribution in [0.15, 0.2) is 48.5 Å². The molecule has 0 radical (unpaired) electrons. The Labute approximate surface area is 207 Å². The Bertz CT molecular complexity index is 1020. The van der Waals surface area contributed by atoms with Crippen LogP contribution in [0.25, 0.3) is 11.1 Å². The first-order chi connectivity index (χ1) is 16.6. The van der Waals surface area contributed by atoms with Gasteiger partial charge in [-0.25, -0.2) is 4.79 Å². The Morgan fingerprint density at radius 3 is 2.09 bits per heavy atom. The minimum absolute atomic E-state index is 0.0109. The number of carbonyl (C=O) groups is 3. The number of benzene rings is 2. The third-order valence-corrected chi connectivity index (χ3v) is 6.75. The Kier molecular flexibility index (Phi) is 8.54. The maximum absolute atomic E-state index is 12.9. The van der Waals surface area contributed by atoms with Gasteiger partial charge in [-0.1, -0.05) is 62.4 Å². The van der Waals surface area contributed by atoms with E-state index in [1.165, 1.54) is 11.1 Å². The largest absolute Gasteiger partial charge is 0.481 e. The maximum Gasteiger partial charge on any atom is 0.407 e. The zero-order chi connectivity index (χ0) is 25.6. The number of ether oxygens (including phenoxy) is 1. The quantitative estimate of drug-likeness (QED) is 0.395. The highest BCUT2D eigenvalue weighted by Gasteiger charge is 2.40. The second-order valence-corrected chi connectivity index (χ2v) is 10.0. The lowest BCUT2D eigenvalue weighted by atomic mass is 9.77. The summed E-state index contributed by atoms with van der Waals surface area (Å²) in [7, 11) is 0. The summed E-state index contributed by atoms with van der Waals surface area (Å²) in [6.45, 7) is 8.11. The van der Waals surface area contributed by atoms with E-state index in [0.29, 0.717) is 19.4 Å². The molecule has 35 heavy (non-hydrogen) atoms. The molecule has 0 aromatic heterocycles. The highest BCUT2D eigenvalue weighted by Crippen LogP contribution is 2.44. The smallest absolute Gasteiger partial charge is 0.407 e. The normalized spacial score (nSPS) is 13.6. The lowest BCUT2D eigenvalue weighted by molar-refractivity contribution is -0.137. The van der Waals surface area contributed by atoms with E-state index in [9.17, 15) is 14.4 Å². The molecule has 2 aromatic rings. The fraction of sp³-hybridized carbons (Fsp3) is 0.464. The lowest BCUT2D eigenvalue weighted by Crippen LogP contribution is -2.55. The summed E-state index contributed by atoms with van der Waals surface area (Å²) in [4.78, 5) is 36.4. The minimum Gasteiger partial charge on any atom is -0.481 e. The van der Waals surface area contributed by atoms with Gasteiger partial charge >= 0.3 is 12.1 Å². The molecule has 1 aliphatic carbocycles. The third kappa shape index (κ3) is 6.21. The molecule has 0 saturated heterocycles. The number of carboxylic acids is 1. The first-order valence-corrected chi connectivity index (χ1v) is 12.2. The summed E-state index contributed by atoms with van der Waals surface area (Å²) in [6.07, 6.45) is 0.618. The number of unbranched alkanes of at least 4 members (excludes halogenated alkanes) is 1. The summed E-state index contributed by atoms with van der Waals surface area (Å²) >= 11 is 0. The molecule has 7 heteroatoms. The van der Waals surface area contributed by atoms with Crippen LogP contribution in [0.1, 0.15) is 64.0 Å². The van der Waals surface area contributed by atoms with Gasteiger partial charge in [-0.05, 0) is 54.9 Å². The molecule has 7 nitrogen and oxygen atoms in total. The van der Waals surface area contributed by atoms with Gasteiger partial charge in [0.1, 0.15) is 6.61 Å². The Morgan fingerprint density at radius 1 is 0.971 bits per heavy atom. The van der Waals surface area contributed by atoms with E-state index in [2.05, 4.69) is 34.9 Å². The maximum atomic E-state index is 12.9. The second kappa shape index (κ2) is 11.4. The van der Waals surface area contributed by atoms with Gasteiger partial charge in [0.25, 0.3) is 0 Å². The summed E-state index contributed by atoms with van der Waals surface area (Å²) in [5, 5.41) is 14.5. The van der Waals surface area contributed by atoms with Crippen LogP contribution in [0.5, 0.6) is 0 Å². The van der Waals surface area contributed by atoms with Crippen molar-refractivity contribution in [1.29, 1.82) is 0 Å². The monoisotopic (exact) mass is 480 g/mol. The van der Waals surface area contributed by atoms with Gasteiger partial charge < -0.3 is 20.5 Å². The number of hydrogen-bond donors (Lipinski definition) is 3. The molecule has 2 aromatic carbocycles. The van der Waals surface area contributed by atoms with Crippen LogP contribution in [0.3, 0.4) is 0 Å². The highest BCUT2D eigenvalue weighted by molar-refractivity contribution is 5.83. The van der Waals surface area contributed by atoms with Gasteiger partial charge in [-0.2, -0.15) is 0 Å². The lowest BCUT2D eigenvalue weighted by Gasteiger charge is -2.36. The zero-order valence-corrected chi connectivity index (χ0v) is 21.0. The molecule has 1 atom stereocenters. The highest BCUT2D eigenvalue weighted by atomic mass is 16.5. The molecule has 0 spiro atoms. The van der Waals surface area contributed by atoms with Gasteiger partial charge in [0, 0.05) is 24.9 Å². The number of nitrogens with one attached hydrogen (secondary N) is 2. The predicted molar refractivity (Wildman–Crippen MR) is 135 cm³/mol. The van der Waals surface area contributed by atoms with E-state index >= 15 is 0 Å². The van der Waals surface area contributed by atoms with Crippen LogP contribution in [-0.4, -0.2) is 42.3 Å². The zero-order valence-electron chi connectivity index (χ0n) is 21.0. The average molecular weight is 481 g/mol. The molecule has 2 amide bonds. The number of carboxylic acid groups (broad SMARTS) is 1. The number of carbonyl (C=O) groups excluding carboxylic acids is 2. The number of amides is 2. The average Bonchev–Trinajstić information content (AvgIpc) is 3.14. The molecular weight excluding hydrogens is 444 g/mol. The van der Waals surface area contributed by atoms with E-state index in [0.717, 1.165) is 11.1 Å². The van der Waals surface area contributed by atoms with Crippen molar-refractivity contribution in [3.8, 4) is 11.1 Å². The van der Waals surface area contributed by atoms with Crippen LogP contribution in [-0.2, 0) is 14.3 Å². The Balaban J connectivity index is 1.60. The Morgan fingerprint density at radius 2 is 1.54 bits per heavy atom. The summed E-state index contributed by atoms with van der Waals surface area (Å²) in [5.41, 5.74) is 3.73. The van der Waals surface area contributed by atoms with Gasteiger partial charge in [-0.3, -0.25) is 9.59 Å². The molecule has 1 unspecified atom stereocenters. The van der Waals surface area contributed by atoms with Crippen LogP contribution in [0, 0.1) is 11.3 Å². The second-order valence-electron chi connectivity index (χ2n) is 10.0. The van der Waals surface area contributed by atoms with Crippen molar-refractivity contribution < 1.29 is 24.2 Å². The van der Waals surface area contributed by atoms with E-state index in [1.807, 2.05) is 38.1 Å². The molecule has 0 heterocycles. The van der Waals surface area contributed by atoms with Gasteiger partial charge in [0.15, 0.2) is 0 Å². The van der Waals surface area contributed by atoms with Crippen molar-refractivity contribution in [1.82, 2.24) is 10.6 Å². The standard InChI is InChI=1S/C28H36N2O5/c1-18(2)25(28(3,4)26(33)29-16-10-9-15-24(31)32)30-27(34)35-17-23-21-13-7-5-11-19(21)20-12-6-8-14-22(20)23/h5-8,11-14,18,23,25H,9-10,15-17H2,1-4H3,(H,29,33)(H,30,34)(H,31,32). The van der Waals surface area contributed by atoms with Gasteiger partial charge in [0.2, 0.25) is 5.91 Å². The molecule has 0 aliphatic heterocycles. The first kappa shape index (κ1) is 26.3. The molecule has 3 N–H and O–H groups in total. The predicted octanol–water partition coefficient (Wildman–Crippen LogP) is 4.95. The number of alkyl carbamates (subject to hydrolysis) is 1. The van der Waals surface area contributed by atoms with Crippen molar-refractivity contribution in [3.63, 3.8) is 0 Å². The first-order valence-electron chi connectivity index (χ1n) is 12.2. The molecule has 0 saturated carbocycles. The van der Waals surface area contributed by atoms with Gasteiger partial charge in [0.05, 0.1) is 5.41 Å². The summed E-state index contributed by atoms with van der Waals surface area (Å²) < 4.78 is 5.69. The van der Waals surface area contributed by atoms with Crippen LogP contribution >= 0.6 is 0 Å². The topological polar surface area (TPSA) is 105 Å².